The Kier molecular flexibility index (Phi) is 2.52. The van der Waals surface area contributed by atoms with Crippen molar-refractivity contribution in [3.05, 3.63) is 34.7 Å². The van der Waals surface area contributed by atoms with Crippen molar-refractivity contribution in [2.45, 2.75) is 19.4 Å². The lowest BCUT2D eigenvalue weighted by molar-refractivity contribution is 0.239. The molecule has 3 rings (SSSR count). The number of aliphatic hydroxyl groups is 1. The van der Waals surface area contributed by atoms with Crippen LogP contribution in [0.1, 0.15) is 19.4 Å². The average molecular weight is 246 g/mol. The number of fused-ring (bicyclic) bond motifs is 1. The molecule has 2 atom stereocenters. The predicted molar refractivity (Wildman–Crippen MR) is 66.1 cm³/mol. The van der Waals surface area contributed by atoms with E-state index in [4.69, 9.17) is 0 Å². The van der Waals surface area contributed by atoms with E-state index in [2.05, 4.69) is 21.0 Å². The maximum atomic E-state index is 11.6. The van der Waals surface area contributed by atoms with Gasteiger partial charge in [0.05, 0.1) is 18.7 Å². The second-order valence-corrected chi connectivity index (χ2v) is 4.65. The van der Waals surface area contributed by atoms with Crippen molar-refractivity contribution in [1.29, 1.82) is 0 Å². The van der Waals surface area contributed by atoms with Gasteiger partial charge in [0.15, 0.2) is 11.2 Å². The van der Waals surface area contributed by atoms with E-state index in [9.17, 15) is 9.90 Å². The molecular formula is C12H14N4O2. The molecule has 2 N–H and O–H groups in total. The number of aromatic amines is 1. The molecule has 1 aliphatic rings. The molecule has 0 unspecified atom stereocenters. The van der Waals surface area contributed by atoms with Crippen molar-refractivity contribution < 1.29 is 5.11 Å². The van der Waals surface area contributed by atoms with Gasteiger partial charge in [-0.2, -0.15) is 0 Å². The Balaban J connectivity index is 2.07. The summed E-state index contributed by atoms with van der Waals surface area (Å²) in [6.45, 7) is 2.17. The highest BCUT2D eigenvalue weighted by atomic mass is 16.3. The second-order valence-electron chi connectivity index (χ2n) is 4.65. The van der Waals surface area contributed by atoms with Gasteiger partial charge in [-0.05, 0) is 13.3 Å². The molecule has 94 valence electrons. The van der Waals surface area contributed by atoms with Crippen LogP contribution in [0.5, 0.6) is 0 Å². The summed E-state index contributed by atoms with van der Waals surface area (Å²) in [6, 6.07) is 0.112. The summed E-state index contributed by atoms with van der Waals surface area (Å²) >= 11 is 0. The first-order chi connectivity index (χ1) is 8.70. The molecule has 0 saturated carbocycles. The highest BCUT2D eigenvalue weighted by Gasteiger charge is 2.25. The minimum Gasteiger partial charge on any atom is -0.396 e. The molecule has 0 radical (unpaired) electrons. The lowest BCUT2D eigenvalue weighted by Gasteiger charge is -2.12. The van der Waals surface area contributed by atoms with E-state index in [1.165, 1.54) is 11.9 Å². The van der Waals surface area contributed by atoms with Gasteiger partial charge in [-0.15, -0.1) is 0 Å². The van der Waals surface area contributed by atoms with Gasteiger partial charge in [0.2, 0.25) is 0 Å². The number of nitrogens with zero attached hydrogens (tertiary/aromatic N) is 3. The van der Waals surface area contributed by atoms with Crippen molar-refractivity contribution in [1.82, 2.24) is 19.5 Å². The number of aromatic nitrogens is 4. The Bertz CT molecular complexity index is 670. The number of allylic oxidation sites excluding steroid dienone is 1. The van der Waals surface area contributed by atoms with Crippen LogP contribution in [0.15, 0.2) is 29.1 Å². The van der Waals surface area contributed by atoms with Crippen LogP contribution < -0.4 is 5.56 Å². The molecule has 0 fully saturated rings. The predicted octanol–water partition coefficient (Wildman–Crippen LogP) is 0.619. The summed E-state index contributed by atoms with van der Waals surface area (Å²) in [4.78, 5) is 22.4. The molecule has 2 aromatic heterocycles. The minimum absolute atomic E-state index is 0.112. The second kappa shape index (κ2) is 4.06. The Morgan fingerprint density at radius 1 is 1.56 bits per heavy atom. The molecule has 18 heavy (non-hydrogen) atoms. The topological polar surface area (TPSA) is 83.8 Å². The van der Waals surface area contributed by atoms with Gasteiger partial charge in [0.25, 0.3) is 5.56 Å². The monoisotopic (exact) mass is 246 g/mol. The standard InChI is InChI=1S/C12H14N4O2/c1-7-2-9(3-8(7)4-17)16-6-15-10-11(16)13-5-14-12(10)18/h2,5-6,8-9,17H,3-4H2,1H3,(H,13,14,18)/t8-,9+/m1/s1. The number of hydrogen-bond donors (Lipinski definition) is 2. The van der Waals surface area contributed by atoms with E-state index in [1.807, 2.05) is 11.5 Å². The molecular weight excluding hydrogens is 232 g/mol. The van der Waals surface area contributed by atoms with Crippen LogP contribution in [0.3, 0.4) is 0 Å². The summed E-state index contributed by atoms with van der Waals surface area (Å²) < 4.78 is 1.89. The largest absolute Gasteiger partial charge is 0.396 e. The number of hydrogen-bond acceptors (Lipinski definition) is 4. The maximum Gasteiger partial charge on any atom is 0.278 e. The number of rotatable bonds is 2. The maximum absolute atomic E-state index is 11.6. The summed E-state index contributed by atoms with van der Waals surface area (Å²) in [5.41, 5.74) is 1.90. The summed E-state index contributed by atoms with van der Waals surface area (Å²) in [5, 5.41) is 9.27. The summed E-state index contributed by atoms with van der Waals surface area (Å²) in [6.07, 6.45) is 5.95. The zero-order chi connectivity index (χ0) is 12.7. The molecule has 6 heteroatoms. The third kappa shape index (κ3) is 1.57. The van der Waals surface area contributed by atoms with Gasteiger partial charge < -0.3 is 14.7 Å². The fraction of sp³-hybridized carbons (Fsp3) is 0.417. The first kappa shape index (κ1) is 11.2. The van der Waals surface area contributed by atoms with Crippen LogP contribution in [0.2, 0.25) is 0 Å². The van der Waals surface area contributed by atoms with E-state index in [0.29, 0.717) is 11.2 Å². The summed E-state index contributed by atoms with van der Waals surface area (Å²) in [5.74, 6) is 0.189. The third-order valence-electron chi connectivity index (χ3n) is 3.57. The van der Waals surface area contributed by atoms with Crippen LogP contribution in [0.25, 0.3) is 11.2 Å². The van der Waals surface area contributed by atoms with E-state index in [1.54, 1.807) is 6.33 Å². The minimum atomic E-state index is -0.226. The van der Waals surface area contributed by atoms with Gasteiger partial charge >= 0.3 is 0 Å². The fourth-order valence-electron chi connectivity index (χ4n) is 2.50. The quantitative estimate of drug-likeness (QED) is 0.761. The van der Waals surface area contributed by atoms with Crippen LogP contribution in [-0.4, -0.2) is 31.2 Å². The molecule has 0 aromatic carbocycles. The fourth-order valence-corrected chi connectivity index (χ4v) is 2.50. The van der Waals surface area contributed by atoms with Gasteiger partial charge in [-0.3, -0.25) is 4.79 Å². The van der Waals surface area contributed by atoms with Crippen molar-refractivity contribution >= 4 is 11.2 Å². The molecule has 1 aliphatic carbocycles. The van der Waals surface area contributed by atoms with Gasteiger partial charge in [-0.1, -0.05) is 11.6 Å². The van der Waals surface area contributed by atoms with Crippen molar-refractivity contribution in [3.63, 3.8) is 0 Å². The van der Waals surface area contributed by atoms with E-state index >= 15 is 0 Å². The molecule has 6 nitrogen and oxygen atoms in total. The van der Waals surface area contributed by atoms with Crippen molar-refractivity contribution in [3.8, 4) is 0 Å². The normalized spacial score (nSPS) is 23.6. The van der Waals surface area contributed by atoms with Gasteiger partial charge in [0, 0.05) is 12.5 Å². The van der Waals surface area contributed by atoms with E-state index < -0.39 is 0 Å². The molecule has 0 spiro atoms. The lowest BCUT2D eigenvalue weighted by Crippen LogP contribution is -2.11. The number of H-pyrrole nitrogens is 1. The van der Waals surface area contributed by atoms with Crippen molar-refractivity contribution in [2.75, 3.05) is 6.61 Å². The number of aliphatic hydroxyl groups excluding tert-OH is 1. The van der Waals surface area contributed by atoms with Crippen LogP contribution >= 0.6 is 0 Å². The first-order valence-electron chi connectivity index (χ1n) is 5.90. The Morgan fingerprint density at radius 2 is 2.39 bits per heavy atom. The van der Waals surface area contributed by atoms with Crippen LogP contribution in [-0.2, 0) is 0 Å². The Morgan fingerprint density at radius 3 is 3.11 bits per heavy atom. The Hall–Kier alpha value is -1.95. The third-order valence-corrected chi connectivity index (χ3v) is 3.57. The zero-order valence-corrected chi connectivity index (χ0v) is 10.00. The van der Waals surface area contributed by atoms with Gasteiger partial charge in [-0.25, -0.2) is 9.97 Å². The van der Waals surface area contributed by atoms with Gasteiger partial charge in [0.1, 0.15) is 0 Å². The molecule has 0 saturated heterocycles. The lowest BCUT2D eigenvalue weighted by atomic mass is 10.0. The first-order valence-corrected chi connectivity index (χ1v) is 5.90. The SMILES string of the molecule is CC1=C[C@H](n2cnc3c(=O)[nH]cnc32)C[C@@H]1CO. The summed E-state index contributed by atoms with van der Waals surface area (Å²) in [7, 11) is 0. The van der Waals surface area contributed by atoms with E-state index in [-0.39, 0.29) is 24.1 Å². The number of imidazole rings is 1. The van der Waals surface area contributed by atoms with Crippen molar-refractivity contribution in [2.24, 2.45) is 5.92 Å². The highest BCUT2D eigenvalue weighted by molar-refractivity contribution is 5.69. The Labute approximate surface area is 103 Å². The molecule has 0 amide bonds. The van der Waals surface area contributed by atoms with Crippen LogP contribution in [0, 0.1) is 5.92 Å². The molecule has 2 heterocycles. The number of nitrogens with one attached hydrogen (secondary N) is 1. The zero-order valence-electron chi connectivity index (χ0n) is 10.00. The highest BCUT2D eigenvalue weighted by Crippen LogP contribution is 2.34. The van der Waals surface area contributed by atoms with E-state index in [0.717, 1.165) is 6.42 Å². The average Bonchev–Trinajstić information content (AvgIpc) is 2.93. The molecule has 0 aliphatic heterocycles. The molecule has 2 aromatic rings. The molecule has 0 bridgehead atoms. The van der Waals surface area contributed by atoms with Crippen LogP contribution in [0.4, 0.5) is 0 Å². The smallest absolute Gasteiger partial charge is 0.278 e.